The lowest BCUT2D eigenvalue weighted by atomic mass is 9.83. The van der Waals surface area contributed by atoms with E-state index in [0.29, 0.717) is 17.1 Å². The molecule has 1 aliphatic heterocycles. The molecule has 1 heterocycles. The van der Waals surface area contributed by atoms with E-state index in [1.807, 2.05) is 0 Å². The first-order chi connectivity index (χ1) is 18.7. The Bertz CT molecular complexity index is 1090. The molecule has 7 atom stereocenters. The number of hydrogen-bond donors (Lipinski definition) is 6. The summed E-state index contributed by atoms with van der Waals surface area (Å²) in [7, 11) is 4.40. The molecule has 0 aliphatic carbocycles. The molecular formula is C27H36O12. The summed E-state index contributed by atoms with van der Waals surface area (Å²) in [6, 6.07) is 9.93. The molecule has 216 valence electrons. The van der Waals surface area contributed by atoms with Crippen molar-refractivity contribution in [3.63, 3.8) is 0 Å². The molecular weight excluding hydrogens is 516 g/mol. The number of ether oxygens (including phenoxy) is 5. The second-order valence-electron chi connectivity index (χ2n) is 9.29. The van der Waals surface area contributed by atoms with Gasteiger partial charge in [0.05, 0.1) is 33.9 Å². The van der Waals surface area contributed by atoms with Crippen LogP contribution in [0.15, 0.2) is 36.4 Å². The second-order valence-corrected chi connectivity index (χ2v) is 9.29. The minimum Gasteiger partial charge on any atom is -0.493 e. The van der Waals surface area contributed by atoms with E-state index >= 15 is 0 Å². The van der Waals surface area contributed by atoms with Gasteiger partial charge in [0.15, 0.2) is 23.0 Å². The van der Waals surface area contributed by atoms with Gasteiger partial charge < -0.3 is 54.3 Å². The lowest BCUT2D eigenvalue weighted by molar-refractivity contribution is -0.277. The first kappa shape index (κ1) is 30.4. The van der Waals surface area contributed by atoms with Crippen molar-refractivity contribution >= 4 is 5.97 Å². The van der Waals surface area contributed by atoms with Gasteiger partial charge in [-0.2, -0.15) is 0 Å². The standard InChI is InChI=1S/C27H36O12/c1-35-18-6-4-14(10-20(18)36-2)8-16(12-28)17(26(33)34)9-15-5-7-19(21(11-15)37-3)38-27-25(32)24(31)23(30)22(13-29)39-27/h4-7,10-11,16-17,22-25,27-32H,8-9,12-13H2,1-3H3,(H,33,34). The van der Waals surface area contributed by atoms with Crippen LogP contribution in [0.25, 0.3) is 0 Å². The van der Waals surface area contributed by atoms with Gasteiger partial charge in [0.25, 0.3) is 0 Å². The lowest BCUT2D eigenvalue weighted by Gasteiger charge is -2.39. The molecule has 0 aromatic heterocycles. The maximum Gasteiger partial charge on any atom is 0.307 e. The normalized spacial score (nSPS) is 24.5. The monoisotopic (exact) mass is 552 g/mol. The number of aliphatic hydroxyl groups is 5. The molecule has 7 unspecified atom stereocenters. The van der Waals surface area contributed by atoms with E-state index in [1.165, 1.54) is 27.4 Å². The molecule has 6 N–H and O–H groups in total. The molecule has 2 aromatic carbocycles. The number of carboxylic acids is 1. The summed E-state index contributed by atoms with van der Waals surface area (Å²) in [6.45, 7) is -0.965. The highest BCUT2D eigenvalue weighted by Crippen LogP contribution is 2.34. The van der Waals surface area contributed by atoms with Crippen LogP contribution in [0, 0.1) is 11.8 Å². The number of aliphatic hydroxyl groups excluding tert-OH is 5. The van der Waals surface area contributed by atoms with Gasteiger partial charge in [0, 0.05) is 6.61 Å². The first-order valence-electron chi connectivity index (χ1n) is 12.4. The van der Waals surface area contributed by atoms with E-state index in [4.69, 9.17) is 23.7 Å². The first-order valence-corrected chi connectivity index (χ1v) is 12.4. The topological polar surface area (TPSA) is 185 Å². The van der Waals surface area contributed by atoms with Crippen LogP contribution >= 0.6 is 0 Å². The average molecular weight is 553 g/mol. The van der Waals surface area contributed by atoms with Crippen LogP contribution in [-0.2, 0) is 22.4 Å². The van der Waals surface area contributed by atoms with Crippen LogP contribution in [-0.4, -0.2) is 102 Å². The van der Waals surface area contributed by atoms with Gasteiger partial charge in [-0.15, -0.1) is 0 Å². The fourth-order valence-electron chi connectivity index (χ4n) is 4.58. The summed E-state index contributed by atoms with van der Waals surface area (Å²) in [5, 5.41) is 59.7. The zero-order chi connectivity index (χ0) is 28.7. The Hall–Kier alpha value is -3.13. The van der Waals surface area contributed by atoms with Crippen molar-refractivity contribution in [3.05, 3.63) is 47.5 Å². The van der Waals surface area contributed by atoms with Gasteiger partial charge in [0.1, 0.15) is 24.4 Å². The molecule has 2 aromatic rings. The Balaban J connectivity index is 1.78. The molecule has 0 bridgehead atoms. The van der Waals surface area contributed by atoms with Gasteiger partial charge in [-0.3, -0.25) is 4.79 Å². The fourth-order valence-corrected chi connectivity index (χ4v) is 4.58. The number of carbonyl (C=O) groups is 1. The zero-order valence-corrected chi connectivity index (χ0v) is 22.0. The molecule has 39 heavy (non-hydrogen) atoms. The molecule has 0 amide bonds. The Morgan fingerprint density at radius 3 is 1.92 bits per heavy atom. The third kappa shape index (κ3) is 7.10. The summed E-state index contributed by atoms with van der Waals surface area (Å²) in [6.07, 6.45) is -6.94. The van der Waals surface area contributed by atoms with Crippen LogP contribution < -0.4 is 18.9 Å². The van der Waals surface area contributed by atoms with Crippen molar-refractivity contribution in [3.8, 4) is 23.0 Å². The minimum absolute atomic E-state index is 0.0739. The highest BCUT2D eigenvalue weighted by atomic mass is 16.7. The highest BCUT2D eigenvalue weighted by Gasteiger charge is 2.45. The van der Waals surface area contributed by atoms with Crippen LogP contribution in [0.4, 0.5) is 0 Å². The number of rotatable bonds is 13. The maximum absolute atomic E-state index is 12.2. The van der Waals surface area contributed by atoms with Crippen molar-refractivity contribution in [1.29, 1.82) is 0 Å². The molecule has 0 radical (unpaired) electrons. The number of carboxylic acid groups (broad SMARTS) is 1. The molecule has 1 aliphatic rings. The summed E-state index contributed by atoms with van der Waals surface area (Å²) in [5.74, 6) is -1.26. The van der Waals surface area contributed by atoms with Gasteiger partial charge in [-0.1, -0.05) is 12.1 Å². The van der Waals surface area contributed by atoms with Crippen molar-refractivity contribution in [2.24, 2.45) is 11.8 Å². The van der Waals surface area contributed by atoms with Gasteiger partial charge in [-0.05, 0) is 54.2 Å². The van der Waals surface area contributed by atoms with E-state index < -0.39 is 55.1 Å². The third-order valence-electron chi connectivity index (χ3n) is 6.84. The van der Waals surface area contributed by atoms with Crippen molar-refractivity contribution in [2.45, 2.75) is 43.5 Å². The molecule has 0 spiro atoms. The van der Waals surface area contributed by atoms with Crippen LogP contribution in [0.3, 0.4) is 0 Å². The van der Waals surface area contributed by atoms with Crippen LogP contribution in [0.2, 0.25) is 0 Å². The van der Waals surface area contributed by atoms with Crippen molar-refractivity contribution in [2.75, 3.05) is 34.5 Å². The quantitative estimate of drug-likeness (QED) is 0.196. The molecule has 1 saturated heterocycles. The van der Waals surface area contributed by atoms with Gasteiger partial charge >= 0.3 is 5.97 Å². The van der Waals surface area contributed by atoms with Gasteiger partial charge in [-0.25, -0.2) is 0 Å². The molecule has 1 fully saturated rings. The predicted molar refractivity (Wildman–Crippen MR) is 136 cm³/mol. The Kier molecular flexibility index (Phi) is 10.7. The van der Waals surface area contributed by atoms with E-state index in [2.05, 4.69) is 0 Å². The highest BCUT2D eigenvalue weighted by molar-refractivity contribution is 5.71. The zero-order valence-electron chi connectivity index (χ0n) is 22.0. The van der Waals surface area contributed by atoms with E-state index in [9.17, 15) is 35.4 Å². The van der Waals surface area contributed by atoms with E-state index in [0.717, 1.165) is 5.56 Å². The minimum atomic E-state index is -1.61. The van der Waals surface area contributed by atoms with Crippen molar-refractivity contribution < 1.29 is 59.1 Å². The Morgan fingerprint density at radius 1 is 0.821 bits per heavy atom. The number of benzene rings is 2. The van der Waals surface area contributed by atoms with Crippen molar-refractivity contribution in [1.82, 2.24) is 0 Å². The lowest BCUT2D eigenvalue weighted by Crippen LogP contribution is -2.60. The van der Waals surface area contributed by atoms with Crippen LogP contribution in [0.1, 0.15) is 11.1 Å². The van der Waals surface area contributed by atoms with E-state index in [-0.39, 0.29) is 30.9 Å². The number of methoxy groups -OCH3 is 3. The SMILES string of the molecule is COc1ccc(CC(CO)C(Cc2ccc(OC3OC(CO)C(O)C(O)C3O)c(OC)c2)C(=O)O)cc1OC. The second kappa shape index (κ2) is 13.8. The third-order valence-corrected chi connectivity index (χ3v) is 6.84. The fraction of sp³-hybridized carbons (Fsp3) is 0.519. The van der Waals surface area contributed by atoms with Crippen LogP contribution in [0.5, 0.6) is 23.0 Å². The number of aliphatic carboxylic acids is 1. The molecule has 0 saturated carbocycles. The summed E-state index contributed by atoms with van der Waals surface area (Å²) in [5.41, 5.74) is 1.37. The Morgan fingerprint density at radius 2 is 1.38 bits per heavy atom. The summed E-state index contributed by atoms with van der Waals surface area (Å²) < 4.78 is 27.0. The van der Waals surface area contributed by atoms with E-state index in [1.54, 1.807) is 30.3 Å². The largest absolute Gasteiger partial charge is 0.493 e. The predicted octanol–water partition coefficient (Wildman–Crippen LogP) is -0.0144. The Labute approximate surface area is 225 Å². The number of hydrogen-bond acceptors (Lipinski definition) is 11. The molecule has 3 rings (SSSR count). The summed E-state index contributed by atoms with van der Waals surface area (Å²) >= 11 is 0. The summed E-state index contributed by atoms with van der Waals surface area (Å²) in [4.78, 5) is 12.2. The van der Waals surface area contributed by atoms with Gasteiger partial charge in [0.2, 0.25) is 6.29 Å². The average Bonchev–Trinajstić information content (AvgIpc) is 2.95. The molecule has 12 heteroatoms. The smallest absolute Gasteiger partial charge is 0.307 e. The maximum atomic E-state index is 12.2. The molecule has 12 nitrogen and oxygen atoms in total.